The van der Waals surface area contributed by atoms with Gasteiger partial charge in [0.05, 0.1) is 6.10 Å². The molecule has 0 fully saturated rings. The van der Waals surface area contributed by atoms with Gasteiger partial charge in [-0.1, -0.05) is 40.2 Å². The van der Waals surface area contributed by atoms with Gasteiger partial charge in [-0.25, -0.2) is 0 Å². The first-order valence-electron chi connectivity index (χ1n) is 5.51. The molecule has 0 aliphatic heterocycles. The highest BCUT2D eigenvalue weighted by Crippen LogP contribution is 2.31. The van der Waals surface area contributed by atoms with Crippen LogP contribution < -0.4 is 0 Å². The molecule has 18 heavy (non-hydrogen) atoms. The number of hydrogen-bond donors (Lipinski definition) is 2. The van der Waals surface area contributed by atoms with Gasteiger partial charge in [0.25, 0.3) is 0 Å². The van der Waals surface area contributed by atoms with Crippen molar-refractivity contribution in [2.24, 2.45) is 0 Å². The number of para-hydroxylation sites is 1. The number of aliphatic hydroxyl groups is 1. The normalized spacial score (nSPS) is 12.3. The lowest BCUT2D eigenvalue weighted by Gasteiger charge is -2.11. The highest BCUT2D eigenvalue weighted by molar-refractivity contribution is 9.10. The van der Waals surface area contributed by atoms with Crippen LogP contribution in [0.4, 0.5) is 0 Å². The molecule has 94 valence electrons. The smallest absolute Gasteiger partial charge is 0.129 e. The van der Waals surface area contributed by atoms with Gasteiger partial charge in [0, 0.05) is 15.1 Å². The number of phenols is 1. The third kappa shape index (κ3) is 3.51. The van der Waals surface area contributed by atoms with Crippen LogP contribution in [0.25, 0.3) is 0 Å². The van der Waals surface area contributed by atoms with Gasteiger partial charge in [0.2, 0.25) is 0 Å². The van der Waals surface area contributed by atoms with Gasteiger partial charge in [0.1, 0.15) is 5.75 Å². The Kier molecular flexibility index (Phi) is 4.69. The summed E-state index contributed by atoms with van der Waals surface area (Å²) in [7, 11) is 0. The van der Waals surface area contributed by atoms with E-state index >= 15 is 0 Å². The van der Waals surface area contributed by atoms with Crippen LogP contribution in [0.3, 0.4) is 0 Å². The second-order valence-electron chi connectivity index (χ2n) is 3.85. The standard InChI is InChI=1S/C14H13BrO2S/c15-11-5-3-4-10(8-11)13(17)9-18-14-7-2-1-6-12(14)16/h1-8,13,16-17H,9H2. The predicted octanol–water partition coefficient (Wildman–Crippen LogP) is 3.98. The average Bonchev–Trinajstić information content (AvgIpc) is 2.37. The largest absolute Gasteiger partial charge is 0.507 e. The fourth-order valence-corrected chi connectivity index (χ4v) is 2.90. The SMILES string of the molecule is Oc1ccccc1SCC(O)c1cccc(Br)c1. The summed E-state index contributed by atoms with van der Waals surface area (Å²) in [4.78, 5) is 0.784. The molecule has 4 heteroatoms. The summed E-state index contributed by atoms with van der Waals surface area (Å²) >= 11 is 4.82. The van der Waals surface area contributed by atoms with Crippen LogP contribution in [0, 0.1) is 0 Å². The Hall–Kier alpha value is -0.970. The number of aliphatic hydroxyl groups excluding tert-OH is 1. The number of benzene rings is 2. The minimum atomic E-state index is -0.549. The molecule has 1 unspecified atom stereocenters. The van der Waals surface area contributed by atoms with Crippen molar-refractivity contribution >= 4 is 27.7 Å². The molecule has 2 nitrogen and oxygen atoms in total. The Morgan fingerprint density at radius 1 is 1.11 bits per heavy atom. The molecule has 0 aromatic heterocycles. The Balaban J connectivity index is 2.00. The molecule has 0 bridgehead atoms. The van der Waals surface area contributed by atoms with Crippen molar-refractivity contribution in [1.29, 1.82) is 0 Å². The van der Waals surface area contributed by atoms with E-state index in [4.69, 9.17) is 0 Å². The maximum atomic E-state index is 10.1. The van der Waals surface area contributed by atoms with E-state index in [2.05, 4.69) is 15.9 Å². The third-order valence-corrected chi connectivity index (χ3v) is 4.13. The van der Waals surface area contributed by atoms with E-state index < -0.39 is 6.10 Å². The fourth-order valence-electron chi connectivity index (χ4n) is 1.56. The van der Waals surface area contributed by atoms with Crippen LogP contribution in [0.2, 0.25) is 0 Å². The van der Waals surface area contributed by atoms with E-state index in [9.17, 15) is 10.2 Å². The summed E-state index contributed by atoms with van der Waals surface area (Å²) in [6.07, 6.45) is -0.549. The first kappa shape index (κ1) is 13.5. The lowest BCUT2D eigenvalue weighted by Crippen LogP contribution is -2.00. The first-order chi connectivity index (χ1) is 8.66. The van der Waals surface area contributed by atoms with Gasteiger partial charge in [-0.2, -0.15) is 0 Å². The van der Waals surface area contributed by atoms with Gasteiger partial charge in [-0.3, -0.25) is 0 Å². The zero-order chi connectivity index (χ0) is 13.0. The molecule has 0 saturated heterocycles. The van der Waals surface area contributed by atoms with Crippen molar-refractivity contribution in [2.75, 3.05) is 5.75 Å². The van der Waals surface area contributed by atoms with Gasteiger partial charge in [0.15, 0.2) is 0 Å². The maximum absolute atomic E-state index is 10.1. The summed E-state index contributed by atoms with van der Waals surface area (Å²) < 4.78 is 0.951. The summed E-state index contributed by atoms with van der Waals surface area (Å²) in [5, 5.41) is 19.7. The van der Waals surface area contributed by atoms with E-state index in [1.54, 1.807) is 12.1 Å². The lowest BCUT2D eigenvalue weighted by molar-refractivity contribution is 0.204. The predicted molar refractivity (Wildman–Crippen MR) is 77.9 cm³/mol. The first-order valence-corrected chi connectivity index (χ1v) is 7.29. The lowest BCUT2D eigenvalue weighted by atomic mass is 10.1. The topological polar surface area (TPSA) is 40.5 Å². The molecule has 0 aliphatic rings. The third-order valence-electron chi connectivity index (χ3n) is 2.50. The van der Waals surface area contributed by atoms with Crippen LogP contribution in [0.15, 0.2) is 57.9 Å². The van der Waals surface area contributed by atoms with Gasteiger partial charge >= 0.3 is 0 Å². The van der Waals surface area contributed by atoms with Crippen molar-refractivity contribution < 1.29 is 10.2 Å². The second kappa shape index (κ2) is 6.27. The van der Waals surface area contributed by atoms with Crippen molar-refractivity contribution in [3.8, 4) is 5.75 Å². The number of aromatic hydroxyl groups is 1. The molecule has 0 aliphatic carbocycles. The average molecular weight is 325 g/mol. The number of hydrogen-bond acceptors (Lipinski definition) is 3. The molecular weight excluding hydrogens is 312 g/mol. The van der Waals surface area contributed by atoms with E-state index in [1.165, 1.54) is 11.8 Å². The monoisotopic (exact) mass is 324 g/mol. The van der Waals surface area contributed by atoms with Crippen molar-refractivity contribution in [3.05, 3.63) is 58.6 Å². The fraction of sp³-hybridized carbons (Fsp3) is 0.143. The van der Waals surface area contributed by atoms with Crippen LogP contribution in [-0.2, 0) is 0 Å². The minimum absolute atomic E-state index is 0.254. The molecular formula is C14H13BrO2S. The minimum Gasteiger partial charge on any atom is -0.507 e. The summed E-state index contributed by atoms with van der Waals surface area (Å²) in [5.74, 6) is 0.762. The van der Waals surface area contributed by atoms with Crippen LogP contribution in [0.5, 0.6) is 5.75 Å². The molecule has 0 heterocycles. The highest BCUT2D eigenvalue weighted by Gasteiger charge is 2.09. The molecule has 0 amide bonds. The second-order valence-corrected chi connectivity index (χ2v) is 5.83. The van der Waals surface area contributed by atoms with Crippen molar-refractivity contribution in [1.82, 2.24) is 0 Å². The Labute approximate surface area is 119 Å². The number of thioether (sulfide) groups is 1. The maximum Gasteiger partial charge on any atom is 0.129 e. The van der Waals surface area contributed by atoms with Crippen LogP contribution >= 0.6 is 27.7 Å². The molecule has 1 atom stereocenters. The summed E-state index contributed by atoms with van der Waals surface area (Å²) in [6, 6.07) is 14.7. The van der Waals surface area contributed by atoms with Crippen molar-refractivity contribution in [2.45, 2.75) is 11.0 Å². The summed E-state index contributed by atoms with van der Waals surface area (Å²) in [5.41, 5.74) is 0.868. The molecule has 0 saturated carbocycles. The molecule has 0 radical (unpaired) electrons. The van der Waals surface area contributed by atoms with Crippen molar-refractivity contribution in [3.63, 3.8) is 0 Å². The van der Waals surface area contributed by atoms with E-state index in [0.717, 1.165) is 14.9 Å². The number of phenolic OH excluding ortho intramolecular Hbond substituents is 1. The Bertz CT molecular complexity index is 531. The zero-order valence-electron chi connectivity index (χ0n) is 9.58. The molecule has 2 rings (SSSR count). The molecule has 2 aromatic carbocycles. The molecule has 2 aromatic rings. The van der Waals surface area contributed by atoms with Crippen LogP contribution in [0.1, 0.15) is 11.7 Å². The summed E-state index contributed by atoms with van der Waals surface area (Å²) in [6.45, 7) is 0. The Morgan fingerprint density at radius 2 is 1.89 bits per heavy atom. The van der Waals surface area contributed by atoms with Gasteiger partial charge in [-0.05, 0) is 29.8 Å². The molecule has 0 spiro atoms. The quantitative estimate of drug-likeness (QED) is 0.836. The number of halogens is 1. The Morgan fingerprint density at radius 3 is 2.61 bits per heavy atom. The van der Waals surface area contributed by atoms with Gasteiger partial charge < -0.3 is 10.2 Å². The van der Waals surface area contributed by atoms with E-state index in [1.807, 2.05) is 36.4 Å². The zero-order valence-corrected chi connectivity index (χ0v) is 12.0. The van der Waals surface area contributed by atoms with E-state index in [-0.39, 0.29) is 5.75 Å². The molecule has 2 N–H and O–H groups in total. The number of rotatable bonds is 4. The van der Waals surface area contributed by atoms with E-state index in [0.29, 0.717) is 5.75 Å². The van der Waals surface area contributed by atoms with Crippen LogP contribution in [-0.4, -0.2) is 16.0 Å². The van der Waals surface area contributed by atoms with Gasteiger partial charge in [-0.15, -0.1) is 11.8 Å². The highest BCUT2D eigenvalue weighted by atomic mass is 79.9.